The number of thioether (sulfide) groups is 1. The van der Waals surface area contributed by atoms with Crippen molar-refractivity contribution in [2.24, 2.45) is 4.99 Å². The van der Waals surface area contributed by atoms with Crippen molar-refractivity contribution in [3.63, 3.8) is 0 Å². The Morgan fingerprint density at radius 2 is 2.05 bits per heavy atom. The molecule has 0 aliphatic carbocycles. The van der Waals surface area contributed by atoms with Crippen molar-refractivity contribution in [3.05, 3.63) is 35.6 Å². The van der Waals surface area contributed by atoms with Crippen molar-refractivity contribution in [1.82, 2.24) is 9.80 Å². The van der Waals surface area contributed by atoms with Gasteiger partial charge in [-0.05, 0) is 11.6 Å². The third-order valence-corrected chi connectivity index (χ3v) is 5.14. The van der Waals surface area contributed by atoms with Crippen LogP contribution in [-0.4, -0.2) is 58.8 Å². The second-order valence-electron chi connectivity index (χ2n) is 5.69. The SMILES string of the molecule is C[C@H]1CN=C(N2CCN(C(=O)Cc3ccccc3F)CC2)S1. The minimum Gasteiger partial charge on any atom is -0.348 e. The first-order valence-electron chi connectivity index (χ1n) is 7.60. The Bertz CT molecular complexity index is 585. The molecule has 0 bridgehead atoms. The number of rotatable bonds is 2. The highest BCUT2D eigenvalue weighted by Gasteiger charge is 2.26. The van der Waals surface area contributed by atoms with Gasteiger partial charge in [-0.3, -0.25) is 9.79 Å². The number of hydrogen-bond acceptors (Lipinski definition) is 4. The molecule has 6 heteroatoms. The molecule has 0 aromatic heterocycles. The lowest BCUT2D eigenvalue weighted by molar-refractivity contribution is -0.131. The van der Waals surface area contributed by atoms with E-state index in [-0.39, 0.29) is 18.1 Å². The number of amidine groups is 1. The Kier molecular flexibility index (Phi) is 4.66. The average Bonchev–Trinajstić information content (AvgIpc) is 2.96. The van der Waals surface area contributed by atoms with Gasteiger partial charge in [0.05, 0.1) is 13.0 Å². The van der Waals surface area contributed by atoms with Crippen LogP contribution >= 0.6 is 11.8 Å². The van der Waals surface area contributed by atoms with E-state index in [1.165, 1.54) is 6.07 Å². The van der Waals surface area contributed by atoms with Crippen LogP contribution in [0.3, 0.4) is 0 Å². The van der Waals surface area contributed by atoms with Gasteiger partial charge in [-0.1, -0.05) is 36.9 Å². The molecule has 0 unspecified atom stereocenters. The molecule has 1 amide bonds. The van der Waals surface area contributed by atoms with Gasteiger partial charge in [0.15, 0.2) is 5.17 Å². The first-order valence-corrected chi connectivity index (χ1v) is 8.48. The molecule has 2 heterocycles. The van der Waals surface area contributed by atoms with Crippen molar-refractivity contribution in [2.75, 3.05) is 32.7 Å². The number of nitrogens with zero attached hydrogens (tertiary/aromatic N) is 3. The van der Waals surface area contributed by atoms with E-state index >= 15 is 0 Å². The van der Waals surface area contributed by atoms with Crippen molar-refractivity contribution in [1.29, 1.82) is 0 Å². The van der Waals surface area contributed by atoms with Crippen LogP contribution in [0.25, 0.3) is 0 Å². The summed E-state index contributed by atoms with van der Waals surface area (Å²) in [4.78, 5) is 20.9. The molecular formula is C16H20FN3OS. The van der Waals surface area contributed by atoms with Gasteiger partial charge in [0.1, 0.15) is 5.82 Å². The Balaban J connectivity index is 1.53. The zero-order valence-electron chi connectivity index (χ0n) is 12.7. The molecule has 1 aromatic rings. The summed E-state index contributed by atoms with van der Waals surface area (Å²) in [5.74, 6) is -0.306. The predicted octanol–water partition coefficient (Wildman–Crippen LogP) is 2.00. The summed E-state index contributed by atoms with van der Waals surface area (Å²) in [6, 6.07) is 6.48. The maximum Gasteiger partial charge on any atom is 0.227 e. The third kappa shape index (κ3) is 3.43. The molecule has 1 saturated heterocycles. The summed E-state index contributed by atoms with van der Waals surface area (Å²) in [5, 5.41) is 1.66. The van der Waals surface area contributed by atoms with Gasteiger partial charge in [0.25, 0.3) is 0 Å². The van der Waals surface area contributed by atoms with E-state index in [2.05, 4.69) is 16.8 Å². The van der Waals surface area contributed by atoms with Crippen LogP contribution in [0.4, 0.5) is 4.39 Å². The second-order valence-corrected chi connectivity index (χ2v) is 7.09. The highest BCUT2D eigenvalue weighted by Crippen LogP contribution is 2.23. The number of aliphatic imine (C=N–C) groups is 1. The lowest BCUT2D eigenvalue weighted by Gasteiger charge is -2.35. The van der Waals surface area contributed by atoms with E-state index in [4.69, 9.17) is 0 Å². The molecule has 2 aliphatic heterocycles. The van der Waals surface area contributed by atoms with Gasteiger partial charge >= 0.3 is 0 Å². The molecule has 1 atom stereocenters. The van der Waals surface area contributed by atoms with Gasteiger partial charge in [-0.2, -0.15) is 0 Å². The minimum absolute atomic E-state index is 0.000804. The average molecular weight is 321 g/mol. The van der Waals surface area contributed by atoms with Gasteiger partial charge in [0, 0.05) is 31.4 Å². The molecule has 2 aliphatic rings. The lowest BCUT2D eigenvalue weighted by Crippen LogP contribution is -2.50. The van der Waals surface area contributed by atoms with E-state index in [1.54, 1.807) is 18.2 Å². The number of carbonyl (C=O) groups excluding carboxylic acids is 1. The molecule has 4 nitrogen and oxygen atoms in total. The number of halogens is 1. The van der Waals surface area contributed by atoms with E-state index in [9.17, 15) is 9.18 Å². The first-order chi connectivity index (χ1) is 10.6. The molecule has 1 fully saturated rings. The number of amides is 1. The van der Waals surface area contributed by atoms with E-state index < -0.39 is 0 Å². The molecule has 0 radical (unpaired) electrons. The maximum atomic E-state index is 13.6. The van der Waals surface area contributed by atoms with Gasteiger partial charge in [-0.15, -0.1) is 0 Å². The quantitative estimate of drug-likeness (QED) is 0.836. The summed E-state index contributed by atoms with van der Waals surface area (Å²) in [6.45, 7) is 6.04. The minimum atomic E-state index is -0.305. The number of piperazine rings is 1. The molecule has 0 N–H and O–H groups in total. The van der Waals surface area contributed by atoms with E-state index in [0.717, 1.165) is 24.8 Å². The van der Waals surface area contributed by atoms with Crippen molar-refractivity contribution < 1.29 is 9.18 Å². The van der Waals surface area contributed by atoms with Crippen LogP contribution in [0.2, 0.25) is 0 Å². The van der Waals surface area contributed by atoms with Crippen LogP contribution in [0.5, 0.6) is 0 Å². The predicted molar refractivity (Wildman–Crippen MR) is 87.6 cm³/mol. The smallest absolute Gasteiger partial charge is 0.227 e. The van der Waals surface area contributed by atoms with Crippen molar-refractivity contribution in [2.45, 2.75) is 18.6 Å². The summed E-state index contributed by atoms with van der Waals surface area (Å²) in [7, 11) is 0. The zero-order valence-corrected chi connectivity index (χ0v) is 13.5. The second kappa shape index (κ2) is 6.69. The molecule has 3 rings (SSSR count). The Labute approximate surface area is 134 Å². The number of carbonyl (C=O) groups is 1. The zero-order chi connectivity index (χ0) is 15.5. The lowest BCUT2D eigenvalue weighted by atomic mass is 10.1. The molecule has 0 spiro atoms. The number of benzene rings is 1. The fourth-order valence-corrected chi connectivity index (χ4v) is 3.69. The summed E-state index contributed by atoms with van der Waals surface area (Å²) in [5.41, 5.74) is 0.472. The third-order valence-electron chi connectivity index (χ3n) is 3.99. The van der Waals surface area contributed by atoms with Crippen LogP contribution in [0.1, 0.15) is 12.5 Å². The highest BCUT2D eigenvalue weighted by molar-refractivity contribution is 8.14. The molecule has 22 heavy (non-hydrogen) atoms. The van der Waals surface area contributed by atoms with Crippen LogP contribution in [0, 0.1) is 5.82 Å². The standard InChI is InChI=1S/C16H20FN3OS/c1-12-11-18-16(22-12)20-8-6-19(7-9-20)15(21)10-13-4-2-3-5-14(13)17/h2-5,12H,6-11H2,1H3/t12-/m0/s1. The Morgan fingerprint density at radius 1 is 1.32 bits per heavy atom. The summed E-state index contributed by atoms with van der Waals surface area (Å²) in [6.07, 6.45) is 0.138. The first kappa shape index (κ1) is 15.3. The van der Waals surface area contributed by atoms with Gasteiger partial charge < -0.3 is 9.80 Å². The van der Waals surface area contributed by atoms with Gasteiger partial charge in [-0.25, -0.2) is 4.39 Å². The molecule has 118 valence electrons. The van der Waals surface area contributed by atoms with Crippen LogP contribution in [-0.2, 0) is 11.2 Å². The molecule has 1 aromatic carbocycles. The highest BCUT2D eigenvalue weighted by atomic mass is 32.2. The number of hydrogen-bond donors (Lipinski definition) is 0. The summed E-state index contributed by atoms with van der Waals surface area (Å²) >= 11 is 1.81. The largest absolute Gasteiger partial charge is 0.348 e. The monoisotopic (exact) mass is 321 g/mol. The molecular weight excluding hydrogens is 301 g/mol. The summed E-state index contributed by atoms with van der Waals surface area (Å²) < 4.78 is 13.6. The Morgan fingerprint density at radius 3 is 2.68 bits per heavy atom. The van der Waals surface area contributed by atoms with Crippen molar-refractivity contribution >= 4 is 22.8 Å². The van der Waals surface area contributed by atoms with Gasteiger partial charge in [0.2, 0.25) is 5.91 Å². The van der Waals surface area contributed by atoms with Crippen LogP contribution in [0.15, 0.2) is 29.3 Å². The Hall–Kier alpha value is -1.56. The van der Waals surface area contributed by atoms with Crippen LogP contribution < -0.4 is 0 Å². The van der Waals surface area contributed by atoms with Crippen molar-refractivity contribution in [3.8, 4) is 0 Å². The fourth-order valence-electron chi connectivity index (χ4n) is 2.70. The van der Waals surface area contributed by atoms with E-state index in [0.29, 0.717) is 23.9 Å². The van der Waals surface area contributed by atoms with E-state index in [1.807, 2.05) is 16.7 Å². The fraction of sp³-hybridized carbons (Fsp3) is 0.500. The topological polar surface area (TPSA) is 35.9 Å². The maximum absolute atomic E-state index is 13.6. The molecule has 0 saturated carbocycles. The normalized spacial score (nSPS) is 21.9.